The second-order valence-corrected chi connectivity index (χ2v) is 6.73. The lowest BCUT2D eigenvalue weighted by Crippen LogP contribution is -2.21. The molecule has 0 bridgehead atoms. The lowest BCUT2D eigenvalue weighted by Gasteiger charge is -2.24. The van der Waals surface area contributed by atoms with Gasteiger partial charge in [-0.1, -0.05) is 6.07 Å². The number of hydrogen-bond donors (Lipinski definition) is 4. The SMILES string of the molecule is OCCCN(c1ccnc(Nc2ccc3n[nH]nc3c2)n1)c1cccc2[nH]ncc12. The van der Waals surface area contributed by atoms with E-state index < -0.39 is 0 Å². The zero-order chi connectivity index (χ0) is 20.3. The van der Waals surface area contributed by atoms with Crippen LogP contribution in [0.1, 0.15) is 6.42 Å². The maximum absolute atomic E-state index is 9.40. The molecule has 5 aromatic rings. The number of aliphatic hydroxyl groups excluding tert-OH is 1. The van der Waals surface area contributed by atoms with Gasteiger partial charge in [0.1, 0.15) is 16.9 Å². The Morgan fingerprint density at radius 1 is 1.07 bits per heavy atom. The van der Waals surface area contributed by atoms with Crippen molar-refractivity contribution < 1.29 is 5.11 Å². The summed E-state index contributed by atoms with van der Waals surface area (Å²) in [6.07, 6.45) is 4.11. The zero-order valence-corrected chi connectivity index (χ0v) is 15.9. The average molecular weight is 401 g/mol. The van der Waals surface area contributed by atoms with Gasteiger partial charge in [-0.05, 0) is 42.8 Å². The quantitative estimate of drug-likeness (QED) is 0.327. The van der Waals surface area contributed by atoms with E-state index >= 15 is 0 Å². The lowest BCUT2D eigenvalue weighted by atomic mass is 10.2. The molecule has 0 saturated carbocycles. The van der Waals surface area contributed by atoms with Gasteiger partial charge in [-0.15, -0.1) is 0 Å². The van der Waals surface area contributed by atoms with Crippen LogP contribution in [0.3, 0.4) is 0 Å². The van der Waals surface area contributed by atoms with Crippen molar-refractivity contribution >= 4 is 45.1 Å². The maximum Gasteiger partial charge on any atom is 0.229 e. The van der Waals surface area contributed by atoms with E-state index in [0.29, 0.717) is 18.9 Å². The number of anilines is 4. The molecule has 5 rings (SSSR count). The van der Waals surface area contributed by atoms with Gasteiger partial charge in [0.25, 0.3) is 0 Å². The molecule has 0 aliphatic rings. The first-order valence-corrected chi connectivity index (χ1v) is 9.53. The van der Waals surface area contributed by atoms with Crippen LogP contribution in [-0.4, -0.2) is 53.8 Å². The van der Waals surface area contributed by atoms with Crippen molar-refractivity contribution in [2.45, 2.75) is 6.42 Å². The summed E-state index contributed by atoms with van der Waals surface area (Å²) >= 11 is 0. The van der Waals surface area contributed by atoms with Gasteiger partial charge in [0.05, 0.1) is 17.4 Å². The van der Waals surface area contributed by atoms with E-state index in [1.807, 2.05) is 42.5 Å². The van der Waals surface area contributed by atoms with Gasteiger partial charge in [0.2, 0.25) is 5.95 Å². The zero-order valence-electron chi connectivity index (χ0n) is 15.9. The van der Waals surface area contributed by atoms with E-state index in [2.05, 4.69) is 40.8 Å². The molecule has 0 atom stereocenters. The predicted octanol–water partition coefficient (Wildman–Crippen LogP) is 2.89. The van der Waals surface area contributed by atoms with Gasteiger partial charge in [-0.25, -0.2) is 4.98 Å². The summed E-state index contributed by atoms with van der Waals surface area (Å²) in [5, 5.41) is 31.5. The molecule has 3 heterocycles. The van der Waals surface area contributed by atoms with Crippen molar-refractivity contribution in [2.24, 2.45) is 0 Å². The number of benzene rings is 2. The van der Waals surface area contributed by atoms with Gasteiger partial charge in [-0.2, -0.15) is 25.5 Å². The average Bonchev–Trinajstić information content (AvgIpc) is 3.43. The molecule has 0 unspecified atom stereocenters. The minimum absolute atomic E-state index is 0.0891. The van der Waals surface area contributed by atoms with Crippen LogP contribution in [0.5, 0.6) is 0 Å². The van der Waals surface area contributed by atoms with Gasteiger partial charge < -0.3 is 15.3 Å². The molecule has 3 aromatic heterocycles. The van der Waals surface area contributed by atoms with E-state index in [-0.39, 0.29) is 6.61 Å². The lowest BCUT2D eigenvalue weighted by molar-refractivity contribution is 0.291. The highest BCUT2D eigenvalue weighted by Crippen LogP contribution is 2.31. The van der Waals surface area contributed by atoms with Crippen LogP contribution in [0.15, 0.2) is 54.9 Å². The molecule has 4 N–H and O–H groups in total. The van der Waals surface area contributed by atoms with Gasteiger partial charge in [0.15, 0.2) is 0 Å². The first-order valence-electron chi connectivity index (χ1n) is 9.53. The Labute approximate surface area is 171 Å². The van der Waals surface area contributed by atoms with Crippen molar-refractivity contribution in [3.8, 4) is 0 Å². The minimum atomic E-state index is 0.0891. The molecule has 0 aliphatic carbocycles. The highest BCUT2D eigenvalue weighted by atomic mass is 16.3. The van der Waals surface area contributed by atoms with Crippen LogP contribution in [0.25, 0.3) is 21.9 Å². The molecule has 10 nitrogen and oxygen atoms in total. The number of fused-ring (bicyclic) bond motifs is 2. The van der Waals surface area contributed by atoms with E-state index in [1.54, 1.807) is 12.4 Å². The molecule has 0 saturated heterocycles. The standard InChI is InChI=1S/C20H19N9O/c30-10-2-9-29(18-4-1-3-15-14(18)12-22-25-15)19-7-8-21-20(24-19)23-13-5-6-16-17(11-13)27-28-26-16/h1,3-8,11-12,30H,2,9-10H2,(H,22,25)(H,21,23,24)(H,26,27,28). The number of aromatic amines is 2. The Morgan fingerprint density at radius 3 is 2.93 bits per heavy atom. The second-order valence-electron chi connectivity index (χ2n) is 6.73. The van der Waals surface area contributed by atoms with Crippen molar-refractivity contribution in [2.75, 3.05) is 23.4 Å². The normalized spacial score (nSPS) is 11.2. The van der Waals surface area contributed by atoms with Gasteiger partial charge in [-0.3, -0.25) is 5.10 Å². The number of H-pyrrole nitrogens is 2. The monoisotopic (exact) mass is 401 g/mol. The Balaban J connectivity index is 1.49. The first-order chi connectivity index (χ1) is 14.8. The summed E-state index contributed by atoms with van der Waals surface area (Å²) in [7, 11) is 0. The predicted molar refractivity (Wildman–Crippen MR) is 114 cm³/mol. The third-order valence-electron chi connectivity index (χ3n) is 4.78. The Kier molecular flexibility index (Phi) is 4.66. The highest BCUT2D eigenvalue weighted by molar-refractivity contribution is 5.93. The van der Waals surface area contributed by atoms with Crippen molar-refractivity contribution in [1.82, 2.24) is 35.6 Å². The van der Waals surface area contributed by atoms with Crippen LogP contribution in [0.2, 0.25) is 0 Å². The molecule has 0 aliphatic heterocycles. The highest BCUT2D eigenvalue weighted by Gasteiger charge is 2.15. The maximum atomic E-state index is 9.40. The third-order valence-corrected chi connectivity index (χ3v) is 4.78. The molecule has 150 valence electrons. The molecular weight excluding hydrogens is 382 g/mol. The summed E-state index contributed by atoms with van der Waals surface area (Å²) in [5.74, 6) is 1.18. The summed E-state index contributed by atoms with van der Waals surface area (Å²) in [6.45, 7) is 0.688. The fraction of sp³-hybridized carbons (Fsp3) is 0.150. The van der Waals surface area contributed by atoms with Gasteiger partial charge in [0, 0.05) is 30.4 Å². The Morgan fingerprint density at radius 2 is 2.00 bits per heavy atom. The molecule has 0 amide bonds. The fourth-order valence-electron chi connectivity index (χ4n) is 3.38. The summed E-state index contributed by atoms with van der Waals surface area (Å²) in [4.78, 5) is 11.1. The molecule has 10 heteroatoms. The summed E-state index contributed by atoms with van der Waals surface area (Å²) in [5.41, 5.74) is 4.26. The number of rotatable bonds is 7. The fourth-order valence-corrected chi connectivity index (χ4v) is 3.38. The van der Waals surface area contributed by atoms with Crippen LogP contribution in [-0.2, 0) is 0 Å². The van der Waals surface area contributed by atoms with Crippen LogP contribution in [0.4, 0.5) is 23.1 Å². The van der Waals surface area contributed by atoms with E-state index in [4.69, 9.17) is 4.98 Å². The smallest absolute Gasteiger partial charge is 0.229 e. The number of hydrogen-bond acceptors (Lipinski definition) is 8. The molecule has 0 fully saturated rings. The molecular formula is C20H19N9O. The van der Waals surface area contributed by atoms with Crippen LogP contribution in [0, 0.1) is 0 Å². The van der Waals surface area contributed by atoms with Crippen molar-refractivity contribution in [3.63, 3.8) is 0 Å². The molecule has 2 aromatic carbocycles. The van der Waals surface area contributed by atoms with Crippen molar-refractivity contribution in [1.29, 1.82) is 0 Å². The number of aliphatic hydroxyl groups is 1. The minimum Gasteiger partial charge on any atom is -0.396 e. The van der Waals surface area contributed by atoms with Crippen LogP contribution >= 0.6 is 0 Å². The van der Waals surface area contributed by atoms with E-state index in [1.165, 1.54) is 0 Å². The van der Waals surface area contributed by atoms with E-state index in [0.717, 1.165) is 39.1 Å². The Bertz CT molecular complexity index is 1300. The number of nitrogens with one attached hydrogen (secondary N) is 3. The number of aromatic nitrogens is 7. The Hall–Kier alpha value is -4.05. The van der Waals surface area contributed by atoms with Gasteiger partial charge >= 0.3 is 0 Å². The molecule has 0 spiro atoms. The third kappa shape index (κ3) is 3.40. The second kappa shape index (κ2) is 7.76. The number of nitrogens with zero attached hydrogens (tertiary/aromatic N) is 6. The topological polar surface area (TPSA) is 132 Å². The molecule has 0 radical (unpaired) electrons. The first kappa shape index (κ1) is 18.0. The van der Waals surface area contributed by atoms with E-state index in [9.17, 15) is 5.11 Å². The largest absolute Gasteiger partial charge is 0.396 e. The van der Waals surface area contributed by atoms with Crippen LogP contribution < -0.4 is 10.2 Å². The molecule has 30 heavy (non-hydrogen) atoms. The summed E-state index contributed by atoms with van der Waals surface area (Å²) in [6, 6.07) is 13.5. The summed E-state index contributed by atoms with van der Waals surface area (Å²) < 4.78 is 0. The van der Waals surface area contributed by atoms with Crippen molar-refractivity contribution in [3.05, 3.63) is 54.9 Å².